The lowest BCUT2D eigenvalue weighted by molar-refractivity contribution is -0.764. The van der Waals surface area contributed by atoms with Gasteiger partial charge in [-0.1, -0.05) is 4.68 Å². The lowest BCUT2D eigenvalue weighted by Crippen LogP contribution is -2.36. The van der Waals surface area contributed by atoms with Crippen LogP contribution >= 0.6 is 0 Å². The van der Waals surface area contributed by atoms with Crippen LogP contribution in [0.1, 0.15) is 18.2 Å². The van der Waals surface area contributed by atoms with Crippen molar-refractivity contribution in [3.63, 3.8) is 0 Å². The summed E-state index contributed by atoms with van der Waals surface area (Å²) in [6, 6.07) is 0.557. The zero-order valence-corrected chi connectivity index (χ0v) is 5.33. The van der Waals surface area contributed by atoms with Gasteiger partial charge in [-0.15, -0.1) is 0 Å². The fourth-order valence-electron chi connectivity index (χ4n) is 1.77. The maximum Gasteiger partial charge on any atom is 0.429 e. The Hall–Kier alpha value is -1.06. The van der Waals surface area contributed by atoms with E-state index in [1.54, 1.807) is 0 Å². The first kappa shape index (κ1) is 4.71. The minimum atomic E-state index is -0.188. The highest BCUT2D eigenvalue weighted by Crippen LogP contribution is 2.44. The summed E-state index contributed by atoms with van der Waals surface area (Å²) in [7, 11) is 0. The average molecular weight is 139 g/mol. The van der Waals surface area contributed by atoms with Gasteiger partial charge in [-0.25, -0.2) is 4.79 Å². The Kier molecular flexibility index (Phi) is 0.560. The molecule has 1 aliphatic heterocycles. The van der Waals surface area contributed by atoms with E-state index in [2.05, 4.69) is 9.79 Å². The van der Waals surface area contributed by atoms with Gasteiger partial charge < -0.3 is 0 Å². The van der Waals surface area contributed by atoms with Gasteiger partial charge in [-0.3, -0.25) is 4.52 Å². The molecule has 0 aromatic carbocycles. The number of nitrogens with one attached hydrogen (secondary N) is 1. The predicted octanol–water partition coefficient (Wildman–Crippen LogP) is -0.628. The summed E-state index contributed by atoms with van der Waals surface area (Å²) in [4.78, 5) is 10.9. The Morgan fingerprint density at radius 3 is 3.40 bits per heavy atom. The van der Waals surface area contributed by atoms with Gasteiger partial charge in [0.05, 0.1) is 6.42 Å². The van der Waals surface area contributed by atoms with Crippen molar-refractivity contribution in [1.82, 2.24) is 5.27 Å². The van der Waals surface area contributed by atoms with E-state index in [4.69, 9.17) is 0 Å². The molecule has 0 amide bonds. The van der Waals surface area contributed by atoms with Crippen LogP contribution in [0.2, 0.25) is 0 Å². The Bertz CT molecular complexity index is 338. The largest absolute Gasteiger partial charge is 0.429 e. The van der Waals surface area contributed by atoms with E-state index in [1.165, 1.54) is 6.42 Å². The maximum absolute atomic E-state index is 10.9. The van der Waals surface area contributed by atoms with Crippen molar-refractivity contribution in [2.45, 2.75) is 18.9 Å². The fraction of sp³-hybridized carbons (Fsp3) is 0.667. The first-order valence-electron chi connectivity index (χ1n) is 3.48. The number of hydrogen-bond acceptors (Lipinski definition) is 2. The van der Waals surface area contributed by atoms with Crippen molar-refractivity contribution in [3.05, 3.63) is 16.1 Å². The minimum absolute atomic E-state index is 0.188. The van der Waals surface area contributed by atoms with Crippen LogP contribution in [0.5, 0.6) is 0 Å². The molecule has 1 aliphatic carbocycles. The maximum atomic E-state index is 10.9. The molecule has 1 N–H and O–H groups in total. The number of fused-ring (bicyclic) bond motifs is 3. The van der Waals surface area contributed by atoms with Crippen LogP contribution in [0, 0.1) is 5.92 Å². The molecule has 1 fully saturated rings. The van der Waals surface area contributed by atoms with E-state index < -0.39 is 0 Å². The Labute approximate surface area is 56.4 Å². The number of aromatic amines is 1. The fourth-order valence-corrected chi connectivity index (χ4v) is 1.77. The lowest BCUT2D eigenvalue weighted by atomic mass is 10.3. The van der Waals surface area contributed by atoms with Gasteiger partial charge in [0.1, 0.15) is 0 Å². The third-order valence-electron chi connectivity index (χ3n) is 2.44. The highest BCUT2D eigenvalue weighted by Gasteiger charge is 2.57. The molecule has 4 heteroatoms. The van der Waals surface area contributed by atoms with Crippen molar-refractivity contribution < 1.29 is 9.20 Å². The smallest absolute Gasteiger partial charge is 0.283 e. The summed E-state index contributed by atoms with van der Waals surface area (Å²) in [5.41, 5.74) is 0.633. The van der Waals surface area contributed by atoms with E-state index in [0.717, 1.165) is 18.0 Å². The van der Waals surface area contributed by atoms with Gasteiger partial charge in [0, 0.05) is 12.3 Å². The van der Waals surface area contributed by atoms with Gasteiger partial charge in [-0.2, -0.15) is 0 Å². The molecule has 4 nitrogen and oxygen atoms in total. The van der Waals surface area contributed by atoms with Crippen molar-refractivity contribution in [2.75, 3.05) is 0 Å². The summed E-state index contributed by atoms with van der Waals surface area (Å²) in [5, 5.41) is 2.61. The van der Waals surface area contributed by atoms with Crippen LogP contribution in [0.3, 0.4) is 0 Å². The van der Waals surface area contributed by atoms with E-state index in [0.29, 0.717) is 6.04 Å². The molecule has 0 radical (unpaired) electrons. The van der Waals surface area contributed by atoms with Crippen LogP contribution in [-0.2, 0) is 6.42 Å². The second-order valence-corrected chi connectivity index (χ2v) is 3.06. The lowest BCUT2D eigenvalue weighted by Gasteiger charge is -1.77. The molecule has 10 heavy (non-hydrogen) atoms. The van der Waals surface area contributed by atoms with Crippen LogP contribution in [0.4, 0.5) is 0 Å². The second kappa shape index (κ2) is 1.19. The van der Waals surface area contributed by atoms with Crippen molar-refractivity contribution in [3.8, 4) is 0 Å². The zero-order valence-electron chi connectivity index (χ0n) is 5.33. The molecule has 2 heterocycles. The van der Waals surface area contributed by atoms with Crippen molar-refractivity contribution in [2.24, 2.45) is 5.92 Å². The highest BCUT2D eigenvalue weighted by atomic mass is 16.5. The molecule has 1 aromatic rings. The molecule has 0 unspecified atom stereocenters. The highest BCUT2D eigenvalue weighted by molar-refractivity contribution is 5.00. The van der Waals surface area contributed by atoms with Crippen LogP contribution in [0.15, 0.2) is 9.32 Å². The molecule has 52 valence electrons. The van der Waals surface area contributed by atoms with Gasteiger partial charge in [-0.05, 0) is 5.27 Å². The zero-order chi connectivity index (χ0) is 6.72. The molecule has 0 spiro atoms. The van der Waals surface area contributed by atoms with E-state index in [-0.39, 0.29) is 5.63 Å². The first-order chi connectivity index (χ1) is 4.86. The molecule has 1 aromatic heterocycles. The quantitative estimate of drug-likeness (QED) is 0.486. The monoisotopic (exact) mass is 139 g/mol. The normalized spacial score (nSPS) is 33.6. The Morgan fingerprint density at radius 1 is 1.70 bits per heavy atom. The van der Waals surface area contributed by atoms with E-state index >= 15 is 0 Å². The molecular formula is C6H7N2O2+. The topological polar surface area (TPSA) is 49.9 Å². The number of nitrogens with zero attached hydrogens (tertiary/aromatic N) is 1. The van der Waals surface area contributed by atoms with Crippen LogP contribution < -0.4 is 10.3 Å². The summed E-state index contributed by atoms with van der Waals surface area (Å²) < 4.78 is 6.48. The molecular weight excluding hydrogens is 132 g/mol. The summed E-state index contributed by atoms with van der Waals surface area (Å²) in [6.45, 7) is 0. The van der Waals surface area contributed by atoms with E-state index in [9.17, 15) is 4.79 Å². The Balaban J connectivity index is 2.33. The van der Waals surface area contributed by atoms with Gasteiger partial charge in [0.2, 0.25) is 0 Å². The van der Waals surface area contributed by atoms with Crippen molar-refractivity contribution in [1.29, 1.82) is 0 Å². The predicted molar refractivity (Wildman–Crippen MR) is 30.4 cm³/mol. The second-order valence-electron chi connectivity index (χ2n) is 3.06. The first-order valence-corrected chi connectivity index (χ1v) is 3.48. The third-order valence-corrected chi connectivity index (χ3v) is 2.44. The van der Waals surface area contributed by atoms with Gasteiger partial charge in [0.25, 0.3) is 5.69 Å². The molecule has 2 atom stereocenters. The third kappa shape index (κ3) is 0.364. The molecule has 2 aliphatic rings. The van der Waals surface area contributed by atoms with E-state index in [1.807, 2.05) is 4.68 Å². The number of aromatic nitrogens is 2. The average Bonchev–Trinajstić information content (AvgIpc) is 2.46. The van der Waals surface area contributed by atoms with Crippen molar-refractivity contribution >= 4 is 0 Å². The van der Waals surface area contributed by atoms with Gasteiger partial charge >= 0.3 is 5.63 Å². The van der Waals surface area contributed by atoms with Crippen LogP contribution in [-0.4, -0.2) is 5.27 Å². The summed E-state index contributed by atoms with van der Waals surface area (Å²) in [5.74, 6) is 0.732. The molecule has 0 saturated heterocycles. The summed E-state index contributed by atoms with van der Waals surface area (Å²) in [6.07, 6.45) is 2.13. The number of H-pyrrole nitrogens is 1. The number of rotatable bonds is 0. The Morgan fingerprint density at radius 2 is 2.60 bits per heavy atom. The molecule has 1 saturated carbocycles. The number of hydrogen-bond donors (Lipinski definition) is 1. The molecule has 3 rings (SSSR count). The van der Waals surface area contributed by atoms with Gasteiger partial charge in [0.15, 0.2) is 6.04 Å². The SMILES string of the molecule is O=c1o[nH][n+]2c1C[C@H]1C[C@H]12. The minimum Gasteiger partial charge on any atom is -0.283 e. The standard InChI is InChI=1S/C6H6N2O2/c9-6-5-2-3-1-4(3)8(5)7-10-6/h3-4H,1-2H2/p+1/t3-,4-/m1/s1. The van der Waals surface area contributed by atoms with Crippen LogP contribution in [0.25, 0.3) is 0 Å². The molecule has 0 bridgehead atoms. The summed E-state index contributed by atoms with van der Waals surface area (Å²) >= 11 is 0.